The monoisotopic (exact) mass is 379 g/mol. The molecule has 0 unspecified atom stereocenters. The molecule has 0 bridgehead atoms. The number of anilines is 1. The van der Waals surface area contributed by atoms with Crippen molar-refractivity contribution < 1.29 is 9.66 Å². The van der Waals surface area contributed by atoms with E-state index in [1.165, 1.54) is 12.1 Å². The van der Waals surface area contributed by atoms with Crippen molar-refractivity contribution in [1.29, 1.82) is 0 Å². The summed E-state index contributed by atoms with van der Waals surface area (Å²) in [6.07, 6.45) is 0. The fraction of sp³-hybridized carbons (Fsp3) is 0.111. The molecule has 0 aliphatic heterocycles. The third-order valence-electron chi connectivity index (χ3n) is 2.23. The standard InChI is InChI=1S/C9H7BrClN5O3S/c10-5-1-4(11)2-7(16(17)18)8(5)19-3-6-9(13-12)20-15-14-6/h1-2,13H,3,12H2. The van der Waals surface area contributed by atoms with Crippen LogP contribution >= 0.6 is 39.1 Å². The topological polar surface area (TPSA) is 116 Å². The predicted molar refractivity (Wildman–Crippen MR) is 77.9 cm³/mol. The van der Waals surface area contributed by atoms with Gasteiger partial charge in [-0.2, -0.15) is 0 Å². The van der Waals surface area contributed by atoms with E-state index in [0.29, 0.717) is 15.2 Å². The second kappa shape index (κ2) is 6.31. The molecule has 106 valence electrons. The van der Waals surface area contributed by atoms with Crippen molar-refractivity contribution >= 4 is 49.8 Å². The van der Waals surface area contributed by atoms with E-state index < -0.39 is 4.92 Å². The van der Waals surface area contributed by atoms with Crippen molar-refractivity contribution in [2.75, 3.05) is 5.43 Å². The number of nitro groups is 1. The minimum absolute atomic E-state index is 0.0168. The number of hydrogen-bond donors (Lipinski definition) is 2. The molecule has 0 radical (unpaired) electrons. The number of hydrogen-bond acceptors (Lipinski definition) is 8. The molecule has 1 aromatic heterocycles. The van der Waals surface area contributed by atoms with Gasteiger partial charge in [-0.3, -0.25) is 10.1 Å². The number of rotatable bonds is 5. The van der Waals surface area contributed by atoms with Crippen molar-refractivity contribution in [3.8, 4) is 5.75 Å². The van der Waals surface area contributed by atoms with Crippen LogP contribution in [0.15, 0.2) is 16.6 Å². The van der Waals surface area contributed by atoms with Crippen molar-refractivity contribution in [3.63, 3.8) is 0 Å². The van der Waals surface area contributed by atoms with E-state index in [2.05, 4.69) is 30.9 Å². The van der Waals surface area contributed by atoms with Gasteiger partial charge < -0.3 is 10.2 Å². The van der Waals surface area contributed by atoms with Crippen LogP contribution in [-0.4, -0.2) is 14.5 Å². The van der Waals surface area contributed by atoms with E-state index in [4.69, 9.17) is 22.2 Å². The van der Waals surface area contributed by atoms with Gasteiger partial charge in [-0.1, -0.05) is 16.1 Å². The first-order valence-corrected chi connectivity index (χ1v) is 7.01. The smallest absolute Gasteiger partial charge is 0.313 e. The minimum atomic E-state index is -0.576. The number of halogens is 2. The Kier molecular flexibility index (Phi) is 4.70. The lowest BCUT2D eigenvalue weighted by atomic mass is 10.3. The second-order valence-electron chi connectivity index (χ2n) is 3.47. The van der Waals surface area contributed by atoms with Crippen molar-refractivity contribution in [2.45, 2.75) is 6.61 Å². The maximum absolute atomic E-state index is 11.0. The second-order valence-corrected chi connectivity index (χ2v) is 5.52. The van der Waals surface area contributed by atoms with Crippen molar-refractivity contribution in [3.05, 3.63) is 37.4 Å². The minimum Gasteiger partial charge on any atom is -0.479 e. The summed E-state index contributed by atoms with van der Waals surface area (Å²) in [4.78, 5) is 10.4. The zero-order valence-electron chi connectivity index (χ0n) is 9.67. The first kappa shape index (κ1) is 14.9. The van der Waals surface area contributed by atoms with Crippen LogP contribution in [0.4, 0.5) is 10.7 Å². The molecule has 2 aromatic rings. The molecule has 8 nitrogen and oxygen atoms in total. The van der Waals surface area contributed by atoms with E-state index in [-0.39, 0.29) is 23.1 Å². The quantitative estimate of drug-likeness (QED) is 0.465. The number of nitrogens with one attached hydrogen (secondary N) is 1. The molecule has 11 heteroatoms. The Hall–Kier alpha value is -1.49. The maximum atomic E-state index is 11.0. The molecule has 0 aliphatic carbocycles. The summed E-state index contributed by atoms with van der Waals surface area (Å²) in [6, 6.07) is 2.72. The van der Waals surface area contributed by atoms with Gasteiger partial charge in [0.2, 0.25) is 5.75 Å². The molecule has 0 amide bonds. The van der Waals surface area contributed by atoms with Gasteiger partial charge in [-0.05, 0) is 22.0 Å². The van der Waals surface area contributed by atoms with Crippen LogP contribution in [0.25, 0.3) is 0 Å². The van der Waals surface area contributed by atoms with E-state index >= 15 is 0 Å². The van der Waals surface area contributed by atoms with Gasteiger partial charge in [-0.15, -0.1) is 5.10 Å². The molecule has 1 heterocycles. The molecule has 1 aromatic carbocycles. The van der Waals surface area contributed by atoms with Gasteiger partial charge in [0.1, 0.15) is 12.3 Å². The average Bonchev–Trinajstić information content (AvgIpc) is 2.84. The summed E-state index contributed by atoms with van der Waals surface area (Å²) in [7, 11) is 0. The van der Waals surface area contributed by atoms with Gasteiger partial charge >= 0.3 is 5.69 Å². The Labute approximate surface area is 130 Å². The summed E-state index contributed by atoms with van der Waals surface area (Å²) < 4.78 is 9.51. The Morgan fingerprint density at radius 1 is 1.60 bits per heavy atom. The Balaban J connectivity index is 2.27. The highest BCUT2D eigenvalue weighted by Gasteiger charge is 2.21. The maximum Gasteiger partial charge on any atom is 0.313 e. The summed E-state index contributed by atoms with van der Waals surface area (Å²) >= 11 is 10.0. The summed E-state index contributed by atoms with van der Waals surface area (Å²) in [6.45, 7) is -0.0168. The van der Waals surface area contributed by atoms with Crippen LogP contribution in [-0.2, 0) is 6.61 Å². The number of nitro benzene ring substituents is 1. The number of nitrogens with zero attached hydrogens (tertiary/aromatic N) is 3. The third-order valence-corrected chi connectivity index (χ3v) is 3.73. The molecule has 0 saturated heterocycles. The molecule has 0 saturated carbocycles. The van der Waals surface area contributed by atoms with E-state index in [1.807, 2.05) is 0 Å². The highest BCUT2D eigenvalue weighted by Crippen LogP contribution is 2.38. The number of ether oxygens (including phenoxy) is 1. The highest BCUT2D eigenvalue weighted by atomic mass is 79.9. The third kappa shape index (κ3) is 3.15. The molecular weight excluding hydrogens is 374 g/mol. The van der Waals surface area contributed by atoms with Crippen molar-refractivity contribution in [1.82, 2.24) is 9.59 Å². The molecule has 0 spiro atoms. The summed E-state index contributed by atoms with van der Waals surface area (Å²) in [5, 5.41) is 15.6. The zero-order valence-corrected chi connectivity index (χ0v) is 12.8. The van der Waals surface area contributed by atoms with E-state index in [1.54, 1.807) is 0 Å². The molecule has 20 heavy (non-hydrogen) atoms. The number of aromatic nitrogens is 2. The summed E-state index contributed by atoms with van der Waals surface area (Å²) in [5.74, 6) is 5.35. The Morgan fingerprint density at radius 2 is 2.35 bits per heavy atom. The first-order valence-electron chi connectivity index (χ1n) is 5.07. The number of hydrazine groups is 1. The molecule has 0 aliphatic rings. The van der Waals surface area contributed by atoms with Gasteiger partial charge in [0.05, 0.1) is 9.40 Å². The van der Waals surface area contributed by atoms with Gasteiger partial charge in [0.15, 0.2) is 5.00 Å². The lowest BCUT2D eigenvalue weighted by Crippen LogP contribution is -2.09. The van der Waals surface area contributed by atoms with Crippen LogP contribution in [0.3, 0.4) is 0 Å². The number of nitrogen functional groups attached to an aromatic ring is 1. The summed E-state index contributed by atoms with van der Waals surface area (Å²) in [5.41, 5.74) is 2.63. The van der Waals surface area contributed by atoms with Gasteiger partial charge in [-0.25, -0.2) is 5.84 Å². The molecule has 0 fully saturated rings. The zero-order chi connectivity index (χ0) is 14.7. The highest BCUT2D eigenvalue weighted by molar-refractivity contribution is 9.10. The molecule has 3 N–H and O–H groups in total. The Bertz CT molecular complexity index is 653. The number of nitrogens with two attached hydrogens (primary N) is 1. The number of benzene rings is 1. The van der Waals surface area contributed by atoms with E-state index in [0.717, 1.165) is 11.5 Å². The predicted octanol–water partition coefficient (Wildman–Crippen LogP) is 2.73. The SMILES string of the molecule is NNc1snnc1COc1c(Br)cc(Cl)cc1[N+](=O)[O-]. The molecule has 2 rings (SSSR count). The fourth-order valence-corrected chi connectivity index (χ4v) is 2.77. The van der Waals surface area contributed by atoms with Crippen LogP contribution in [0.5, 0.6) is 5.75 Å². The lowest BCUT2D eigenvalue weighted by molar-refractivity contribution is -0.386. The van der Waals surface area contributed by atoms with Crippen LogP contribution in [0.2, 0.25) is 5.02 Å². The fourth-order valence-electron chi connectivity index (χ4n) is 1.38. The van der Waals surface area contributed by atoms with Crippen LogP contribution in [0.1, 0.15) is 5.69 Å². The van der Waals surface area contributed by atoms with Gasteiger partial charge in [0.25, 0.3) is 0 Å². The van der Waals surface area contributed by atoms with Crippen LogP contribution < -0.4 is 16.0 Å². The largest absolute Gasteiger partial charge is 0.479 e. The molecular formula is C9H7BrClN5O3S. The van der Waals surface area contributed by atoms with E-state index in [9.17, 15) is 10.1 Å². The van der Waals surface area contributed by atoms with Crippen molar-refractivity contribution in [2.24, 2.45) is 5.84 Å². The van der Waals surface area contributed by atoms with Gasteiger partial charge in [0, 0.05) is 22.6 Å². The Morgan fingerprint density at radius 3 is 3.00 bits per heavy atom. The molecule has 0 atom stereocenters. The average molecular weight is 381 g/mol. The van der Waals surface area contributed by atoms with Crippen LogP contribution in [0, 0.1) is 10.1 Å². The lowest BCUT2D eigenvalue weighted by Gasteiger charge is -2.08. The first-order chi connectivity index (χ1) is 9.52. The normalized spacial score (nSPS) is 10.3.